The number of nitrogens with two attached hydrogens (primary N) is 1. The van der Waals surface area contributed by atoms with Gasteiger partial charge >= 0.3 is 12.1 Å². The second-order valence-corrected chi connectivity index (χ2v) is 22.0. The second-order valence-electron chi connectivity index (χ2n) is 22.0. The highest BCUT2D eigenvalue weighted by Crippen LogP contribution is 2.34. The van der Waals surface area contributed by atoms with Crippen molar-refractivity contribution in [1.82, 2.24) is 15.5 Å². The van der Waals surface area contributed by atoms with Crippen molar-refractivity contribution in [2.75, 3.05) is 0 Å². The minimum Gasteiger partial charge on any atom is -0.508 e. The van der Waals surface area contributed by atoms with Gasteiger partial charge in [-0.1, -0.05) is 189 Å². The molecule has 0 aliphatic rings. The van der Waals surface area contributed by atoms with Gasteiger partial charge in [0.05, 0.1) is 12.1 Å². The van der Waals surface area contributed by atoms with Gasteiger partial charge < -0.3 is 52.1 Å². The summed E-state index contributed by atoms with van der Waals surface area (Å²) in [5.74, 6) is -0.503. The number of carbonyl (C=O) groups is 1. The van der Waals surface area contributed by atoms with E-state index in [1.807, 2.05) is 57.2 Å². The maximum absolute atomic E-state index is 12.8. The Hall–Kier alpha value is -7.00. The Labute approximate surface area is 502 Å². The Bertz CT molecular complexity index is 2710. The van der Waals surface area contributed by atoms with Crippen LogP contribution in [0.15, 0.2) is 146 Å². The van der Waals surface area contributed by atoms with E-state index in [2.05, 4.69) is 128 Å². The van der Waals surface area contributed by atoms with Gasteiger partial charge in [-0.3, -0.25) is 4.79 Å². The molecule has 0 heterocycles. The number of ether oxygens (including phenoxy) is 1. The molecule has 0 aliphatic heterocycles. The summed E-state index contributed by atoms with van der Waals surface area (Å²) in [7, 11) is 0. The molecule has 0 aromatic heterocycles. The highest BCUT2D eigenvalue weighted by molar-refractivity contribution is 5.82. The third-order valence-electron chi connectivity index (χ3n) is 12.6. The van der Waals surface area contributed by atoms with Gasteiger partial charge in [0, 0.05) is 48.7 Å². The van der Waals surface area contributed by atoms with Gasteiger partial charge in [0.15, 0.2) is 0 Å². The Morgan fingerprint density at radius 1 is 0.548 bits per heavy atom. The Morgan fingerprint density at radius 3 is 1.33 bits per heavy atom. The lowest BCUT2D eigenvalue weighted by molar-refractivity contribution is -0.190. The molecular weight excluding hydrogens is 1060 g/mol. The molecule has 84 heavy (non-hydrogen) atoms. The fourth-order valence-electron chi connectivity index (χ4n) is 9.00. The van der Waals surface area contributed by atoms with Gasteiger partial charge in [0.2, 0.25) is 0 Å². The van der Waals surface area contributed by atoms with Crippen LogP contribution >= 0.6 is 0 Å². The first kappa shape index (κ1) is 75.0. The van der Waals surface area contributed by atoms with Gasteiger partial charge in [-0.05, 0) is 149 Å². The third-order valence-corrected chi connectivity index (χ3v) is 12.6. The summed E-state index contributed by atoms with van der Waals surface area (Å²) in [5.41, 5.74) is 14.6. The van der Waals surface area contributed by atoms with Crippen LogP contribution in [0.4, 0.5) is 13.2 Å². The number of aryl methyl sites for hydroxylation is 2. The van der Waals surface area contributed by atoms with Crippen LogP contribution in [0.1, 0.15) is 203 Å². The Balaban J connectivity index is 0.000000513. The summed E-state index contributed by atoms with van der Waals surface area (Å²) in [6.07, 6.45) is 5.68. The standard InChI is InChI=1S/C15H20F3NO2.C14H23N.C13H21NO.C11H17N.C10H13NO.C7H7NO/c1-4-6-13(11-7-5-8-12(20)9-11)19(10(2)3)14(21)15(16,17)18;1-5-7-14(15-11(2)3)13-9-6-8-12(4)10-13;1-4-6-13(14-10(2)3)11-7-5-8-12(15)9-11;1-3-5-11(12)10-7-4-6-9(2)8-10;1-8(2)12-10-5-3-4-9(6-10)7-11;8-5-6-2-1-3-7(9)4-6/h5,7-10,13,20H,4,6H2,1-3H3;6,8-11,14-15H,5,7H2,1-4H3;5,7-10,13-15H,4,6H2,1-3H3;4,6-8,11H,3,5,12H2,1-2H3;3-8,11H,1-2H3;1-5,8-9H. The van der Waals surface area contributed by atoms with Crippen LogP contribution in [-0.2, 0) is 4.79 Å². The minimum absolute atomic E-state index is 0.0308. The number of alkyl halides is 3. The molecule has 6 rings (SSSR count). The summed E-state index contributed by atoms with van der Waals surface area (Å²) in [4.78, 5) is 12.6. The molecule has 1 amide bonds. The highest BCUT2D eigenvalue weighted by Gasteiger charge is 2.45. The lowest BCUT2D eigenvalue weighted by atomic mass is 9.98. The smallest absolute Gasteiger partial charge is 0.471 e. The fourth-order valence-corrected chi connectivity index (χ4v) is 9.00. The van der Waals surface area contributed by atoms with Crippen LogP contribution in [0.25, 0.3) is 0 Å². The van der Waals surface area contributed by atoms with Crippen molar-refractivity contribution in [3.63, 3.8) is 0 Å². The molecule has 4 unspecified atom stereocenters. The van der Waals surface area contributed by atoms with Crippen molar-refractivity contribution in [3.8, 4) is 23.0 Å². The molecule has 0 saturated heterocycles. The van der Waals surface area contributed by atoms with Gasteiger partial charge in [0.25, 0.3) is 0 Å². The molecule has 0 radical (unpaired) electrons. The molecule has 11 nitrogen and oxygen atoms in total. The quantitative estimate of drug-likeness (QED) is 0.0308. The number of phenolic OH excluding ortho intramolecular Hbond substituents is 3. The summed E-state index contributed by atoms with van der Waals surface area (Å²) in [6.45, 7) is 28.4. The summed E-state index contributed by atoms with van der Waals surface area (Å²) in [5, 5.41) is 48.8. The second kappa shape index (κ2) is 41.1. The topological polar surface area (TPSA) is 188 Å². The zero-order chi connectivity index (χ0) is 63.4. The number of amides is 1. The first-order valence-corrected chi connectivity index (χ1v) is 29.7. The minimum atomic E-state index is -4.91. The average molecular weight is 1160 g/mol. The summed E-state index contributed by atoms with van der Waals surface area (Å²) >= 11 is 0. The number of phenols is 3. The molecule has 14 heteroatoms. The maximum atomic E-state index is 12.8. The molecule has 6 aromatic rings. The molecule has 0 fully saturated rings. The number of carbonyl (C=O) groups excluding carboxylic acids is 1. The maximum Gasteiger partial charge on any atom is 0.471 e. The molecule has 6 aromatic carbocycles. The fraction of sp³-hybridized carbons (Fsp3) is 0.443. The van der Waals surface area contributed by atoms with Gasteiger partial charge in [-0.2, -0.15) is 13.2 Å². The summed E-state index contributed by atoms with van der Waals surface area (Å²) < 4.78 is 43.9. The van der Waals surface area contributed by atoms with Crippen molar-refractivity contribution < 1.29 is 38.0 Å². The van der Waals surface area contributed by atoms with E-state index in [0.717, 1.165) is 47.5 Å². The van der Waals surface area contributed by atoms with Crippen molar-refractivity contribution in [2.45, 2.75) is 203 Å². The molecule has 4 atom stereocenters. The van der Waals surface area contributed by atoms with E-state index in [1.54, 1.807) is 50.2 Å². The number of rotatable bonds is 22. The normalized spacial score (nSPS) is 12.2. The molecular formula is C70H101F3N6O5. The predicted molar refractivity (Wildman–Crippen MR) is 344 cm³/mol. The number of benzene rings is 6. The molecule has 9 N–H and O–H groups in total. The predicted octanol–water partition coefficient (Wildman–Crippen LogP) is 17.8. The summed E-state index contributed by atoms with van der Waals surface area (Å²) in [6, 6.07) is 45.7. The lowest BCUT2D eigenvalue weighted by Crippen LogP contribution is -2.47. The lowest BCUT2D eigenvalue weighted by Gasteiger charge is -2.36. The van der Waals surface area contributed by atoms with E-state index in [4.69, 9.17) is 26.4 Å². The van der Waals surface area contributed by atoms with E-state index in [0.29, 0.717) is 48.3 Å². The molecule has 462 valence electrons. The molecule has 0 aliphatic carbocycles. The number of nitrogens with one attached hydrogen (secondary N) is 4. The van der Waals surface area contributed by atoms with Crippen molar-refractivity contribution in [1.29, 1.82) is 10.8 Å². The zero-order valence-corrected chi connectivity index (χ0v) is 52.6. The van der Waals surface area contributed by atoms with Crippen LogP contribution in [-0.4, -0.2) is 69.0 Å². The monoisotopic (exact) mass is 1160 g/mol. The van der Waals surface area contributed by atoms with Gasteiger partial charge in [-0.25, -0.2) is 0 Å². The molecule has 0 spiro atoms. The Kier molecular flexibility index (Phi) is 36.7. The van der Waals surface area contributed by atoms with Crippen LogP contribution in [0.3, 0.4) is 0 Å². The zero-order valence-electron chi connectivity index (χ0n) is 52.6. The number of nitrogens with zero attached hydrogens (tertiary/aromatic N) is 1. The number of hydrogen-bond acceptors (Lipinski definition) is 10. The average Bonchev–Trinajstić information content (AvgIpc) is 3.48. The van der Waals surface area contributed by atoms with Crippen molar-refractivity contribution in [3.05, 3.63) is 190 Å². The highest BCUT2D eigenvalue weighted by atomic mass is 19.4. The van der Waals surface area contributed by atoms with E-state index in [1.165, 1.54) is 71.3 Å². The molecule has 0 bridgehead atoms. The molecule has 0 saturated carbocycles. The van der Waals surface area contributed by atoms with Crippen LogP contribution in [0.5, 0.6) is 23.0 Å². The van der Waals surface area contributed by atoms with Crippen molar-refractivity contribution in [2.24, 2.45) is 5.73 Å². The number of halogens is 3. The first-order valence-electron chi connectivity index (χ1n) is 29.7. The van der Waals surface area contributed by atoms with Gasteiger partial charge in [-0.15, -0.1) is 0 Å². The first-order chi connectivity index (χ1) is 39.7. The van der Waals surface area contributed by atoms with E-state index >= 15 is 0 Å². The van der Waals surface area contributed by atoms with E-state index in [9.17, 15) is 28.2 Å². The largest absolute Gasteiger partial charge is 0.508 e. The van der Waals surface area contributed by atoms with Crippen LogP contribution < -0.4 is 21.1 Å². The van der Waals surface area contributed by atoms with E-state index < -0.39 is 24.2 Å². The van der Waals surface area contributed by atoms with Crippen LogP contribution in [0.2, 0.25) is 0 Å². The number of hydrogen-bond donors (Lipinski definition) is 8. The van der Waals surface area contributed by atoms with Gasteiger partial charge in [0.1, 0.15) is 23.0 Å². The SMILES string of the molecule is CC(C)Oc1cccc(C=N)c1.CCCC(N)c1cccc(C)c1.CCCC(NC(C)C)c1cccc(C)c1.CCCC(NC(C)C)c1cccc(O)c1.CCCC(c1cccc(O)c1)N(C(=O)C(F)(F)F)C(C)C.N=Cc1cccc(O)c1. The Morgan fingerprint density at radius 2 is 0.940 bits per heavy atom. The van der Waals surface area contributed by atoms with E-state index in [-0.39, 0.29) is 23.6 Å². The van der Waals surface area contributed by atoms with Crippen molar-refractivity contribution >= 4 is 18.3 Å². The number of aromatic hydroxyl groups is 3. The van der Waals surface area contributed by atoms with Crippen LogP contribution in [0, 0.1) is 24.7 Å². The third kappa shape index (κ3) is 31.1.